The minimum atomic E-state index is -1.07. The van der Waals surface area contributed by atoms with Crippen LogP contribution >= 0.6 is 11.3 Å². The van der Waals surface area contributed by atoms with E-state index in [9.17, 15) is 8.78 Å². The number of halogens is 2. The number of anilines is 1. The van der Waals surface area contributed by atoms with Gasteiger partial charge in [-0.25, -0.2) is 9.37 Å². The molecule has 2 aliphatic rings. The summed E-state index contributed by atoms with van der Waals surface area (Å²) >= 11 is 1.63. The molecule has 150 valence electrons. The zero-order valence-electron chi connectivity index (χ0n) is 16.0. The first kappa shape index (κ1) is 19.3. The zero-order chi connectivity index (χ0) is 19.7. The first-order valence-corrected chi connectivity index (χ1v) is 10.4. The van der Waals surface area contributed by atoms with E-state index in [2.05, 4.69) is 26.6 Å². The van der Waals surface area contributed by atoms with Gasteiger partial charge in [0.1, 0.15) is 5.00 Å². The Morgan fingerprint density at radius 3 is 3.04 bits per heavy atom. The van der Waals surface area contributed by atoms with Gasteiger partial charge in [0, 0.05) is 60.7 Å². The molecular formula is C20H24F2N4OS. The molecule has 8 heteroatoms. The van der Waals surface area contributed by atoms with Gasteiger partial charge in [-0.3, -0.25) is 0 Å². The molecule has 28 heavy (non-hydrogen) atoms. The Morgan fingerprint density at radius 1 is 1.36 bits per heavy atom. The van der Waals surface area contributed by atoms with Crippen LogP contribution in [-0.4, -0.2) is 48.8 Å². The topological polar surface area (TPSA) is 49.4 Å². The van der Waals surface area contributed by atoms with E-state index >= 15 is 0 Å². The van der Waals surface area contributed by atoms with Crippen LogP contribution in [0.3, 0.4) is 0 Å². The van der Waals surface area contributed by atoms with Crippen molar-refractivity contribution in [2.24, 2.45) is 0 Å². The molecule has 0 aromatic carbocycles. The van der Waals surface area contributed by atoms with E-state index in [0.717, 1.165) is 47.2 Å². The Morgan fingerprint density at radius 2 is 2.21 bits per heavy atom. The van der Waals surface area contributed by atoms with Gasteiger partial charge in [0.2, 0.25) is 5.95 Å². The Hall–Kier alpha value is -2.03. The average molecular weight is 407 g/mol. The summed E-state index contributed by atoms with van der Waals surface area (Å²) in [5.41, 5.74) is 1.85. The molecule has 0 spiro atoms. The summed E-state index contributed by atoms with van der Waals surface area (Å²) in [5.74, 6) is -2.00. The zero-order valence-corrected chi connectivity index (χ0v) is 16.8. The number of aryl methyl sites for hydroxylation is 1. The van der Waals surface area contributed by atoms with Gasteiger partial charge in [0.05, 0.1) is 11.0 Å². The van der Waals surface area contributed by atoms with Crippen LogP contribution in [0.5, 0.6) is 0 Å². The summed E-state index contributed by atoms with van der Waals surface area (Å²) in [6.45, 7) is 7.78. The highest BCUT2D eigenvalue weighted by Crippen LogP contribution is 2.34. The maximum Gasteiger partial charge on any atom is 0.249 e. The number of pyridine rings is 1. The normalized spacial score (nSPS) is 18.8. The number of hydrogen-bond acceptors (Lipinski definition) is 6. The number of nitrogens with zero attached hydrogens (tertiary/aromatic N) is 2. The van der Waals surface area contributed by atoms with Crippen molar-refractivity contribution in [1.29, 1.82) is 0 Å². The van der Waals surface area contributed by atoms with E-state index in [1.54, 1.807) is 17.5 Å². The number of nitrogens with one attached hydrogen (secondary N) is 2. The molecule has 1 atom stereocenters. The largest absolute Gasteiger partial charge is 0.382 e. The molecule has 1 unspecified atom stereocenters. The minimum Gasteiger partial charge on any atom is -0.382 e. The van der Waals surface area contributed by atoms with Gasteiger partial charge in [-0.15, -0.1) is 11.3 Å². The number of ether oxygens (including phenoxy) is 1. The highest BCUT2D eigenvalue weighted by atomic mass is 32.1. The quantitative estimate of drug-likeness (QED) is 0.585. The van der Waals surface area contributed by atoms with Gasteiger partial charge in [-0.2, -0.15) is 4.39 Å². The lowest BCUT2D eigenvalue weighted by Gasteiger charge is -2.36. The van der Waals surface area contributed by atoms with E-state index in [1.807, 2.05) is 13.8 Å². The molecule has 1 saturated heterocycles. The van der Waals surface area contributed by atoms with Crippen molar-refractivity contribution in [3.63, 3.8) is 0 Å². The smallest absolute Gasteiger partial charge is 0.249 e. The van der Waals surface area contributed by atoms with Crippen LogP contribution < -0.4 is 21.2 Å². The van der Waals surface area contributed by atoms with E-state index in [0.29, 0.717) is 23.8 Å². The van der Waals surface area contributed by atoms with Crippen LogP contribution in [-0.2, 0) is 4.74 Å². The first-order chi connectivity index (χ1) is 13.6. The third-order valence-corrected chi connectivity index (χ3v) is 6.02. The van der Waals surface area contributed by atoms with Gasteiger partial charge >= 0.3 is 0 Å². The SMILES string of the molecule is CCOCCC1CN(C2=c3nc(F)c(F)cc3=CNc3sc(C)cc32)CCN1. The summed E-state index contributed by atoms with van der Waals surface area (Å²) in [6, 6.07) is 3.57. The molecule has 0 bridgehead atoms. The fourth-order valence-electron chi connectivity index (χ4n) is 3.76. The molecule has 0 saturated carbocycles. The Bertz CT molecular complexity index is 991. The Balaban J connectivity index is 1.80. The lowest BCUT2D eigenvalue weighted by atomic mass is 10.1. The third-order valence-electron chi connectivity index (χ3n) is 5.04. The standard InChI is InChI=1S/C20H24F2N4OS/c1-3-27-7-4-14-11-26(6-5-23-14)18-15-8-12(2)28-20(15)24-10-13-9-16(21)19(22)25-17(13)18/h8-10,14,23-24H,3-7,11H2,1-2H3. The molecule has 2 aliphatic heterocycles. The predicted octanol–water partition coefficient (Wildman–Crippen LogP) is 1.75. The van der Waals surface area contributed by atoms with Crippen molar-refractivity contribution in [3.8, 4) is 0 Å². The third kappa shape index (κ3) is 3.76. The van der Waals surface area contributed by atoms with E-state index in [-0.39, 0.29) is 6.04 Å². The molecule has 0 radical (unpaired) electrons. The van der Waals surface area contributed by atoms with Crippen molar-refractivity contribution in [3.05, 3.63) is 44.9 Å². The Labute approximate surface area is 166 Å². The summed E-state index contributed by atoms with van der Waals surface area (Å²) in [6.07, 6.45) is 2.61. The van der Waals surface area contributed by atoms with E-state index in [4.69, 9.17) is 4.74 Å². The number of rotatable bonds is 5. The highest BCUT2D eigenvalue weighted by Gasteiger charge is 2.26. The van der Waals surface area contributed by atoms with Crippen LogP contribution in [0.2, 0.25) is 0 Å². The molecule has 2 aromatic heterocycles. The number of hydrogen-bond donors (Lipinski definition) is 2. The van der Waals surface area contributed by atoms with Crippen molar-refractivity contribution < 1.29 is 13.5 Å². The van der Waals surface area contributed by atoms with Gasteiger partial charge < -0.3 is 20.3 Å². The lowest BCUT2D eigenvalue weighted by molar-refractivity contribution is 0.127. The van der Waals surface area contributed by atoms with Crippen LogP contribution in [0.15, 0.2) is 12.1 Å². The Kier molecular flexibility index (Phi) is 5.61. The number of thiophene rings is 1. The van der Waals surface area contributed by atoms with Gasteiger partial charge in [0.15, 0.2) is 5.82 Å². The number of fused-ring (bicyclic) bond motifs is 2. The van der Waals surface area contributed by atoms with Gasteiger partial charge in [0.25, 0.3) is 0 Å². The second-order valence-corrected chi connectivity index (χ2v) is 8.27. The van der Waals surface area contributed by atoms with Crippen LogP contribution in [0.1, 0.15) is 23.8 Å². The maximum atomic E-state index is 14.1. The molecule has 0 aliphatic carbocycles. The number of aromatic nitrogens is 1. The fraction of sp³-hybridized carbons (Fsp3) is 0.450. The van der Waals surface area contributed by atoms with Crippen LogP contribution in [0.25, 0.3) is 11.9 Å². The van der Waals surface area contributed by atoms with Crippen molar-refractivity contribution >= 4 is 28.2 Å². The molecule has 1 fully saturated rings. The summed E-state index contributed by atoms with van der Waals surface area (Å²) < 4.78 is 33.4. The van der Waals surface area contributed by atoms with Crippen molar-refractivity contribution in [2.45, 2.75) is 26.3 Å². The molecule has 5 nitrogen and oxygen atoms in total. The second-order valence-electron chi connectivity index (χ2n) is 7.02. The molecule has 4 heterocycles. The minimum absolute atomic E-state index is 0.268. The van der Waals surface area contributed by atoms with Crippen molar-refractivity contribution in [2.75, 3.05) is 38.2 Å². The molecule has 0 amide bonds. The number of piperazine rings is 1. The highest BCUT2D eigenvalue weighted by molar-refractivity contribution is 7.16. The van der Waals surface area contributed by atoms with E-state index < -0.39 is 11.8 Å². The molecule has 2 N–H and O–H groups in total. The van der Waals surface area contributed by atoms with E-state index in [1.165, 1.54) is 6.07 Å². The lowest BCUT2D eigenvalue weighted by Crippen LogP contribution is -2.52. The first-order valence-electron chi connectivity index (χ1n) is 9.56. The summed E-state index contributed by atoms with van der Waals surface area (Å²) in [5, 5.41) is 8.78. The summed E-state index contributed by atoms with van der Waals surface area (Å²) in [7, 11) is 0. The van der Waals surface area contributed by atoms with Gasteiger partial charge in [-0.05, 0) is 32.4 Å². The van der Waals surface area contributed by atoms with Crippen LogP contribution in [0, 0.1) is 18.7 Å². The monoisotopic (exact) mass is 406 g/mol. The fourth-order valence-corrected chi connectivity index (χ4v) is 4.64. The summed E-state index contributed by atoms with van der Waals surface area (Å²) in [4.78, 5) is 7.40. The van der Waals surface area contributed by atoms with Gasteiger partial charge in [-0.1, -0.05) is 0 Å². The predicted molar refractivity (Wildman–Crippen MR) is 108 cm³/mol. The van der Waals surface area contributed by atoms with Crippen molar-refractivity contribution in [1.82, 2.24) is 15.2 Å². The second kappa shape index (κ2) is 8.14. The molecular weight excluding hydrogens is 382 g/mol. The molecule has 4 rings (SSSR count). The average Bonchev–Trinajstić information content (AvgIpc) is 2.98. The molecule has 2 aromatic rings. The maximum absolute atomic E-state index is 14.1. The van der Waals surface area contributed by atoms with Crippen LogP contribution in [0.4, 0.5) is 13.8 Å².